The van der Waals surface area contributed by atoms with Crippen LogP contribution in [-0.2, 0) is 42.8 Å². The molecule has 66 heavy (non-hydrogen) atoms. The fourth-order valence-corrected chi connectivity index (χ4v) is 6.54. The largest absolute Gasteiger partial charge is 0.494 e. The molecule has 0 spiro atoms. The highest BCUT2D eigenvalue weighted by Gasteiger charge is 2.14. The normalized spacial score (nSPS) is 10.9. The monoisotopic (exact) mass is 915 g/mol. The van der Waals surface area contributed by atoms with Crippen LogP contribution in [0.1, 0.15) is 121 Å². The van der Waals surface area contributed by atoms with Gasteiger partial charge in [-0.25, -0.2) is 14.4 Å². The van der Waals surface area contributed by atoms with E-state index in [0.717, 1.165) is 111 Å². The van der Waals surface area contributed by atoms with Gasteiger partial charge < -0.3 is 42.6 Å². The van der Waals surface area contributed by atoms with Gasteiger partial charge in [0.25, 0.3) is 0 Å². The Hall–Kier alpha value is -5.43. The van der Waals surface area contributed by atoms with Crippen molar-refractivity contribution in [1.29, 1.82) is 0 Å². The van der Waals surface area contributed by atoms with Crippen LogP contribution in [-0.4, -0.2) is 90.3 Å². The number of carbonyl (C=O) groups excluding carboxylic acids is 3. The molecule has 3 rings (SSSR count). The number of esters is 3. The first-order valence-electron chi connectivity index (χ1n) is 23.7. The topological polar surface area (TPSA) is 134 Å². The third-order valence-corrected chi connectivity index (χ3v) is 10.3. The van der Waals surface area contributed by atoms with Crippen LogP contribution in [0.5, 0.6) is 17.2 Å². The Bertz CT molecular complexity index is 1760. The second-order valence-electron chi connectivity index (χ2n) is 15.5. The molecule has 0 saturated heterocycles. The number of hydrogen-bond acceptors (Lipinski definition) is 12. The van der Waals surface area contributed by atoms with Gasteiger partial charge >= 0.3 is 17.9 Å². The van der Waals surface area contributed by atoms with Crippen molar-refractivity contribution in [3.05, 3.63) is 109 Å². The van der Waals surface area contributed by atoms with Crippen molar-refractivity contribution in [3.63, 3.8) is 0 Å². The van der Waals surface area contributed by atoms with Crippen molar-refractivity contribution >= 4 is 34.6 Å². The molecule has 0 bridgehead atoms. The number of unbranched alkanes of at least 4 members (excludes halogenated alkanes) is 9. The van der Waals surface area contributed by atoms with Gasteiger partial charge in [-0.05, 0) is 132 Å². The number of ether oxygens (including phenoxy) is 9. The van der Waals surface area contributed by atoms with Crippen molar-refractivity contribution in [2.24, 2.45) is 0 Å². The van der Waals surface area contributed by atoms with Gasteiger partial charge in [0, 0.05) is 26.2 Å². The maximum atomic E-state index is 11.9. The highest BCUT2D eigenvalue weighted by molar-refractivity contribution is 6.16. The zero-order valence-electron chi connectivity index (χ0n) is 39.8. The summed E-state index contributed by atoms with van der Waals surface area (Å²) in [6.45, 7) is 22.1. The quantitative estimate of drug-likeness (QED) is 0.0178. The Kier molecular flexibility index (Phi) is 28.3. The molecule has 0 amide bonds. The lowest BCUT2D eigenvalue weighted by Gasteiger charge is -2.19. The van der Waals surface area contributed by atoms with Crippen molar-refractivity contribution < 1.29 is 57.0 Å². The molecular weight excluding hydrogens is 841 g/mol. The standard InChI is InChI=1S/C54H74O12/c1-7-59-52(55)42(4)45-22-28-48(29-23-45)62-36-17-11-10-16-35-58-41-34-51(65-39-20-14-12-18-37-63-49-30-24-46(25-31-49)43(5)53(56)60-8-2)66-40-21-15-13-19-38-64-50-32-26-47(27-33-50)44(6)54(57)61-9-3/h22-33,51H,4-21,34-41H2,1-3H3. The Labute approximate surface area is 393 Å². The van der Waals surface area contributed by atoms with Crippen molar-refractivity contribution in [1.82, 2.24) is 0 Å². The minimum atomic E-state index is -0.414. The molecule has 0 fully saturated rings. The van der Waals surface area contributed by atoms with E-state index < -0.39 is 17.9 Å². The number of benzene rings is 3. The average Bonchev–Trinajstić information content (AvgIpc) is 3.33. The predicted octanol–water partition coefficient (Wildman–Crippen LogP) is 11.4. The van der Waals surface area contributed by atoms with Gasteiger partial charge in [-0.1, -0.05) is 75.4 Å². The zero-order valence-corrected chi connectivity index (χ0v) is 39.8. The van der Waals surface area contributed by atoms with Crippen LogP contribution in [0.3, 0.4) is 0 Å². The van der Waals surface area contributed by atoms with E-state index in [2.05, 4.69) is 19.7 Å². The third kappa shape index (κ3) is 22.7. The van der Waals surface area contributed by atoms with Crippen LogP contribution in [0.2, 0.25) is 0 Å². The van der Waals surface area contributed by atoms with Crippen LogP contribution in [0.15, 0.2) is 92.5 Å². The van der Waals surface area contributed by atoms with Crippen LogP contribution in [0.4, 0.5) is 0 Å². The van der Waals surface area contributed by atoms with E-state index in [-0.39, 0.29) is 6.29 Å². The minimum Gasteiger partial charge on any atom is -0.494 e. The Morgan fingerprint density at radius 1 is 0.394 bits per heavy atom. The van der Waals surface area contributed by atoms with Crippen molar-refractivity contribution in [3.8, 4) is 17.2 Å². The maximum absolute atomic E-state index is 11.9. The van der Waals surface area contributed by atoms with Crippen LogP contribution < -0.4 is 14.2 Å². The summed E-state index contributed by atoms with van der Waals surface area (Å²) < 4.78 is 51.2. The summed E-state index contributed by atoms with van der Waals surface area (Å²) in [7, 11) is 0. The predicted molar refractivity (Wildman–Crippen MR) is 259 cm³/mol. The van der Waals surface area contributed by atoms with Crippen LogP contribution >= 0.6 is 0 Å². The molecule has 3 aromatic carbocycles. The molecule has 0 aromatic heterocycles. The highest BCUT2D eigenvalue weighted by Crippen LogP contribution is 2.22. The van der Waals surface area contributed by atoms with Crippen LogP contribution in [0, 0.1) is 0 Å². The Morgan fingerprint density at radius 2 is 0.682 bits per heavy atom. The SMILES string of the molecule is C=C(C(=O)OCC)c1ccc(OCCCCCCOCCC(OCCCCCCOc2ccc(C(=C)C(=O)OCC)cc2)OCCCCCCOc2ccc(C(=C)C(=O)OCC)cc2)cc1. The Balaban J connectivity index is 1.29. The summed E-state index contributed by atoms with van der Waals surface area (Å²) >= 11 is 0. The lowest BCUT2D eigenvalue weighted by atomic mass is 10.1. The van der Waals surface area contributed by atoms with E-state index in [9.17, 15) is 14.4 Å². The van der Waals surface area contributed by atoms with Gasteiger partial charge in [-0.2, -0.15) is 0 Å². The molecule has 0 aliphatic heterocycles. The summed E-state index contributed by atoms with van der Waals surface area (Å²) in [6, 6.07) is 22.0. The molecule has 0 heterocycles. The number of hydrogen-bond donors (Lipinski definition) is 0. The molecule has 0 aliphatic rings. The average molecular weight is 915 g/mol. The molecule has 0 saturated carbocycles. The van der Waals surface area contributed by atoms with Gasteiger partial charge in [-0.3, -0.25) is 0 Å². The molecule has 0 atom stereocenters. The van der Waals surface area contributed by atoms with Gasteiger partial charge in [0.05, 0.1) is 63.0 Å². The van der Waals surface area contributed by atoms with E-state index in [0.29, 0.717) is 89.2 Å². The molecule has 0 N–H and O–H groups in total. The van der Waals surface area contributed by atoms with Gasteiger partial charge in [-0.15, -0.1) is 0 Å². The van der Waals surface area contributed by atoms with Crippen LogP contribution in [0.25, 0.3) is 16.7 Å². The number of rotatable bonds is 38. The lowest BCUT2D eigenvalue weighted by molar-refractivity contribution is -0.154. The van der Waals surface area contributed by atoms with Crippen molar-refractivity contribution in [2.75, 3.05) is 66.1 Å². The lowest BCUT2D eigenvalue weighted by Crippen LogP contribution is -2.21. The van der Waals surface area contributed by atoms with Gasteiger partial charge in [0.1, 0.15) is 17.2 Å². The molecule has 362 valence electrons. The highest BCUT2D eigenvalue weighted by atomic mass is 16.7. The van der Waals surface area contributed by atoms with E-state index >= 15 is 0 Å². The molecule has 12 heteroatoms. The maximum Gasteiger partial charge on any atom is 0.338 e. The molecule has 0 radical (unpaired) electrons. The fourth-order valence-electron chi connectivity index (χ4n) is 6.54. The minimum absolute atomic E-state index is 0.312. The Morgan fingerprint density at radius 3 is 0.985 bits per heavy atom. The second-order valence-corrected chi connectivity index (χ2v) is 15.5. The van der Waals surface area contributed by atoms with Gasteiger partial charge in [0.15, 0.2) is 6.29 Å². The van der Waals surface area contributed by atoms with E-state index in [1.165, 1.54) is 0 Å². The molecule has 0 aliphatic carbocycles. The first-order chi connectivity index (χ1) is 32.2. The zero-order chi connectivity index (χ0) is 47.6. The molecule has 12 nitrogen and oxygen atoms in total. The fraction of sp³-hybridized carbons (Fsp3) is 0.500. The summed E-state index contributed by atoms with van der Waals surface area (Å²) in [6.07, 6.45) is 12.1. The van der Waals surface area contributed by atoms with E-state index in [1.54, 1.807) is 20.8 Å². The smallest absolute Gasteiger partial charge is 0.338 e. The summed E-state index contributed by atoms with van der Waals surface area (Å²) in [5.41, 5.74) is 3.16. The summed E-state index contributed by atoms with van der Waals surface area (Å²) in [4.78, 5) is 35.8. The first-order valence-corrected chi connectivity index (χ1v) is 23.7. The van der Waals surface area contributed by atoms with Crippen molar-refractivity contribution in [2.45, 2.75) is 111 Å². The molecule has 3 aromatic rings. The number of carbonyl (C=O) groups is 3. The summed E-state index contributed by atoms with van der Waals surface area (Å²) in [5.74, 6) is 1.02. The first kappa shape index (κ1) is 54.9. The summed E-state index contributed by atoms with van der Waals surface area (Å²) in [5, 5.41) is 0. The third-order valence-electron chi connectivity index (χ3n) is 10.3. The molecule has 0 unspecified atom stereocenters. The molecular formula is C54H74O12. The van der Waals surface area contributed by atoms with E-state index in [1.807, 2.05) is 72.8 Å². The van der Waals surface area contributed by atoms with E-state index in [4.69, 9.17) is 42.6 Å². The second kappa shape index (κ2) is 34.0. The van der Waals surface area contributed by atoms with Gasteiger partial charge in [0.2, 0.25) is 0 Å².